The molecule has 0 atom stereocenters. The van der Waals surface area contributed by atoms with Crippen molar-refractivity contribution < 1.29 is 9.90 Å². The summed E-state index contributed by atoms with van der Waals surface area (Å²) in [5.41, 5.74) is 3.30. The van der Waals surface area contributed by atoms with Crippen LogP contribution < -0.4 is 5.32 Å². The van der Waals surface area contributed by atoms with E-state index in [2.05, 4.69) is 17.2 Å². The minimum Gasteiger partial charge on any atom is -0.396 e. The van der Waals surface area contributed by atoms with Crippen molar-refractivity contribution in [1.29, 1.82) is 0 Å². The molecule has 23 heavy (non-hydrogen) atoms. The van der Waals surface area contributed by atoms with Crippen molar-refractivity contribution in [2.45, 2.75) is 19.8 Å². The minimum absolute atomic E-state index is 0.0701. The summed E-state index contributed by atoms with van der Waals surface area (Å²) in [5, 5.41) is 14.8. The average molecular weight is 329 g/mol. The molecule has 0 spiro atoms. The Morgan fingerprint density at radius 1 is 1.43 bits per heavy atom. The topological polar surface area (TPSA) is 66.6 Å². The van der Waals surface area contributed by atoms with Crippen LogP contribution in [0.5, 0.6) is 0 Å². The highest BCUT2D eigenvalue weighted by Crippen LogP contribution is 2.27. The van der Waals surface area contributed by atoms with Gasteiger partial charge in [0.2, 0.25) is 0 Å². The number of hydrogen-bond acceptors (Lipinski definition) is 4. The van der Waals surface area contributed by atoms with E-state index in [0.717, 1.165) is 28.3 Å². The van der Waals surface area contributed by atoms with Gasteiger partial charge in [-0.3, -0.25) is 4.79 Å². The van der Waals surface area contributed by atoms with Gasteiger partial charge in [-0.05, 0) is 31.0 Å². The molecule has 0 radical (unpaired) electrons. The molecule has 0 aliphatic carbocycles. The molecule has 0 saturated carbocycles. The van der Waals surface area contributed by atoms with Crippen molar-refractivity contribution in [2.75, 3.05) is 13.2 Å². The van der Waals surface area contributed by atoms with E-state index < -0.39 is 0 Å². The highest BCUT2D eigenvalue weighted by Gasteiger charge is 2.17. The monoisotopic (exact) mass is 329 g/mol. The lowest BCUT2D eigenvalue weighted by Crippen LogP contribution is -2.24. The number of carbonyl (C=O) groups is 1. The molecular formula is C17H19N3O2S. The van der Waals surface area contributed by atoms with Crippen LogP contribution in [0.3, 0.4) is 0 Å². The molecule has 0 aliphatic heterocycles. The van der Waals surface area contributed by atoms with Gasteiger partial charge in [0.15, 0.2) is 0 Å². The summed E-state index contributed by atoms with van der Waals surface area (Å²) in [6.07, 6.45) is 3.40. The Kier molecular flexibility index (Phi) is 4.73. The lowest BCUT2D eigenvalue weighted by Gasteiger charge is -2.03. The van der Waals surface area contributed by atoms with Crippen molar-refractivity contribution in [1.82, 2.24) is 14.7 Å². The minimum atomic E-state index is -0.126. The van der Waals surface area contributed by atoms with Crippen LogP contribution in [-0.4, -0.2) is 33.6 Å². The number of hydrogen-bond donors (Lipinski definition) is 2. The number of aryl methyl sites for hydroxylation is 1. The molecule has 5 nitrogen and oxygen atoms in total. The number of amides is 1. The molecule has 0 fully saturated rings. The van der Waals surface area contributed by atoms with E-state index >= 15 is 0 Å². The van der Waals surface area contributed by atoms with Gasteiger partial charge in [0.25, 0.3) is 5.91 Å². The number of fused-ring (bicyclic) bond motifs is 1. The SMILES string of the molecule is CCc1nc(-c2cc(C(=O)NCCCO)c3ccccn23)cs1. The molecule has 6 heteroatoms. The van der Waals surface area contributed by atoms with Gasteiger partial charge in [0.1, 0.15) is 0 Å². The Morgan fingerprint density at radius 3 is 3.04 bits per heavy atom. The van der Waals surface area contributed by atoms with Gasteiger partial charge in [0.05, 0.1) is 27.5 Å². The quantitative estimate of drug-likeness (QED) is 0.683. The molecule has 3 rings (SSSR count). The van der Waals surface area contributed by atoms with Crippen molar-refractivity contribution in [3.8, 4) is 11.4 Å². The van der Waals surface area contributed by atoms with Crippen LogP contribution in [0, 0.1) is 0 Å². The molecule has 3 heterocycles. The Balaban J connectivity index is 2.01. The van der Waals surface area contributed by atoms with Crippen LogP contribution in [0.1, 0.15) is 28.7 Å². The van der Waals surface area contributed by atoms with Gasteiger partial charge in [0, 0.05) is 24.7 Å². The predicted molar refractivity (Wildman–Crippen MR) is 91.9 cm³/mol. The van der Waals surface area contributed by atoms with Crippen molar-refractivity contribution in [2.24, 2.45) is 0 Å². The average Bonchev–Trinajstić information content (AvgIpc) is 3.19. The molecule has 0 saturated heterocycles. The molecular weight excluding hydrogens is 310 g/mol. The summed E-state index contributed by atoms with van der Waals surface area (Å²) < 4.78 is 2.00. The number of aromatic nitrogens is 2. The standard InChI is InChI=1S/C17H19N3O2S/c1-2-16-19-13(11-23-16)15-10-12(17(22)18-7-5-9-21)14-6-3-4-8-20(14)15/h3-4,6,8,10-11,21H,2,5,7,9H2,1H3,(H,18,22). The molecule has 120 valence electrons. The van der Waals surface area contributed by atoms with E-state index in [0.29, 0.717) is 18.5 Å². The van der Waals surface area contributed by atoms with Crippen LogP contribution in [0.2, 0.25) is 0 Å². The summed E-state index contributed by atoms with van der Waals surface area (Å²) in [6, 6.07) is 7.68. The zero-order chi connectivity index (χ0) is 16.2. The Morgan fingerprint density at radius 2 is 2.30 bits per heavy atom. The number of nitrogens with zero attached hydrogens (tertiary/aromatic N) is 2. The fraction of sp³-hybridized carbons (Fsp3) is 0.294. The summed E-state index contributed by atoms with van der Waals surface area (Å²) in [6.45, 7) is 2.62. The summed E-state index contributed by atoms with van der Waals surface area (Å²) >= 11 is 1.63. The smallest absolute Gasteiger partial charge is 0.253 e. The zero-order valence-corrected chi connectivity index (χ0v) is 13.8. The highest BCUT2D eigenvalue weighted by molar-refractivity contribution is 7.09. The Labute approximate surface area is 138 Å². The maximum Gasteiger partial charge on any atom is 0.253 e. The molecule has 3 aromatic heterocycles. The van der Waals surface area contributed by atoms with Crippen LogP contribution in [0.15, 0.2) is 35.8 Å². The molecule has 0 aromatic carbocycles. The molecule has 0 bridgehead atoms. The summed E-state index contributed by atoms with van der Waals surface area (Å²) in [4.78, 5) is 17.0. The fourth-order valence-electron chi connectivity index (χ4n) is 2.50. The number of nitrogens with one attached hydrogen (secondary N) is 1. The number of carbonyl (C=O) groups excluding carboxylic acids is 1. The lowest BCUT2D eigenvalue weighted by molar-refractivity contribution is 0.0953. The number of thiazole rings is 1. The van der Waals surface area contributed by atoms with Gasteiger partial charge in [-0.15, -0.1) is 11.3 Å². The molecule has 0 unspecified atom stereocenters. The number of rotatable bonds is 6. The second-order valence-electron chi connectivity index (χ2n) is 5.21. The first kappa shape index (κ1) is 15.7. The third-order valence-electron chi connectivity index (χ3n) is 3.66. The fourth-order valence-corrected chi connectivity index (χ4v) is 3.24. The van der Waals surface area contributed by atoms with Gasteiger partial charge in [-0.2, -0.15) is 0 Å². The number of aliphatic hydroxyl groups is 1. The van der Waals surface area contributed by atoms with E-state index in [-0.39, 0.29) is 12.5 Å². The van der Waals surface area contributed by atoms with Crippen molar-refractivity contribution in [3.63, 3.8) is 0 Å². The second kappa shape index (κ2) is 6.93. The van der Waals surface area contributed by atoms with E-state index in [9.17, 15) is 4.79 Å². The number of pyridine rings is 1. The van der Waals surface area contributed by atoms with Gasteiger partial charge >= 0.3 is 0 Å². The van der Waals surface area contributed by atoms with E-state index in [1.807, 2.05) is 40.2 Å². The van der Waals surface area contributed by atoms with Gasteiger partial charge < -0.3 is 14.8 Å². The lowest BCUT2D eigenvalue weighted by atomic mass is 10.2. The zero-order valence-electron chi connectivity index (χ0n) is 13.0. The maximum absolute atomic E-state index is 12.4. The molecule has 1 amide bonds. The molecule has 2 N–H and O–H groups in total. The summed E-state index contributed by atoms with van der Waals surface area (Å²) in [7, 11) is 0. The van der Waals surface area contributed by atoms with Crippen molar-refractivity contribution >= 4 is 22.8 Å². The maximum atomic E-state index is 12.4. The second-order valence-corrected chi connectivity index (χ2v) is 6.15. The normalized spacial score (nSPS) is 11.0. The first-order valence-electron chi connectivity index (χ1n) is 7.68. The van der Waals surface area contributed by atoms with Crippen LogP contribution in [0.25, 0.3) is 16.9 Å². The third-order valence-corrected chi connectivity index (χ3v) is 4.65. The van der Waals surface area contributed by atoms with E-state index in [4.69, 9.17) is 5.11 Å². The Bertz CT molecular complexity index is 822. The largest absolute Gasteiger partial charge is 0.396 e. The molecule has 0 aliphatic rings. The van der Waals surface area contributed by atoms with Crippen LogP contribution >= 0.6 is 11.3 Å². The van der Waals surface area contributed by atoms with Crippen LogP contribution in [-0.2, 0) is 6.42 Å². The first-order valence-corrected chi connectivity index (χ1v) is 8.56. The first-order chi connectivity index (χ1) is 11.2. The van der Waals surface area contributed by atoms with Gasteiger partial charge in [-0.25, -0.2) is 4.98 Å². The predicted octanol–water partition coefficient (Wildman–Crippen LogP) is 2.74. The van der Waals surface area contributed by atoms with Crippen LogP contribution in [0.4, 0.5) is 0 Å². The number of aliphatic hydroxyl groups excluding tert-OH is 1. The Hall–Kier alpha value is -2.18. The van der Waals surface area contributed by atoms with E-state index in [1.165, 1.54) is 0 Å². The highest BCUT2D eigenvalue weighted by atomic mass is 32.1. The van der Waals surface area contributed by atoms with Gasteiger partial charge in [-0.1, -0.05) is 13.0 Å². The van der Waals surface area contributed by atoms with E-state index in [1.54, 1.807) is 11.3 Å². The molecule has 3 aromatic rings. The third kappa shape index (κ3) is 3.13. The summed E-state index contributed by atoms with van der Waals surface area (Å²) in [5.74, 6) is -0.126. The van der Waals surface area contributed by atoms with Crippen molar-refractivity contribution in [3.05, 3.63) is 46.4 Å².